The number of hydrogen-bond donors (Lipinski definition) is 0. The van der Waals surface area contributed by atoms with E-state index in [9.17, 15) is 0 Å². The zero-order valence-corrected chi connectivity index (χ0v) is 7.25. The fourth-order valence-electron chi connectivity index (χ4n) is 0.595. The Kier molecular flexibility index (Phi) is 2.90. The van der Waals surface area contributed by atoms with Crippen molar-refractivity contribution >= 4 is 29.0 Å². The number of allylic oxidation sites excluding steroid dienone is 1. The van der Waals surface area contributed by atoms with Crippen LogP contribution in [0.15, 0.2) is 12.3 Å². The fourth-order valence-corrected chi connectivity index (χ4v) is 1.39. The lowest BCUT2D eigenvalue weighted by Crippen LogP contribution is -1.64. The lowest BCUT2D eigenvalue weighted by molar-refractivity contribution is 1.36. The summed E-state index contributed by atoms with van der Waals surface area (Å²) in [5.74, 6) is 0.554. The summed E-state index contributed by atoms with van der Waals surface area (Å²) >= 11 is 7.12. The monoisotopic (exact) mass is 173 g/mol. The van der Waals surface area contributed by atoms with Gasteiger partial charge in [-0.2, -0.15) is 0 Å². The molecule has 1 rings (SSSR count). The summed E-state index contributed by atoms with van der Waals surface area (Å²) in [4.78, 5) is 5.36. The van der Waals surface area contributed by atoms with E-state index in [1.165, 1.54) is 4.88 Å². The average molecular weight is 174 g/mol. The Morgan fingerprint density at radius 2 is 2.60 bits per heavy atom. The van der Waals surface area contributed by atoms with Gasteiger partial charge in [0, 0.05) is 17.0 Å². The van der Waals surface area contributed by atoms with Crippen molar-refractivity contribution in [1.82, 2.24) is 4.98 Å². The molecule has 1 heterocycles. The number of rotatable bonds is 2. The Hall–Kier alpha value is -0.340. The van der Waals surface area contributed by atoms with Gasteiger partial charge in [0.05, 0.1) is 0 Å². The van der Waals surface area contributed by atoms with Crippen LogP contribution in [0.4, 0.5) is 0 Å². The predicted octanol–water partition coefficient (Wildman–Crippen LogP) is 2.70. The quantitative estimate of drug-likeness (QED) is 0.627. The third-order valence-electron chi connectivity index (χ3n) is 0.989. The maximum Gasteiger partial charge on any atom is 0.115 e. The molecule has 0 aliphatic carbocycles. The lowest BCUT2D eigenvalue weighted by atomic mass is 10.5. The van der Waals surface area contributed by atoms with Crippen LogP contribution in [-0.2, 0) is 0 Å². The minimum atomic E-state index is 0.554. The number of hydrogen-bond acceptors (Lipinski definition) is 2. The van der Waals surface area contributed by atoms with Crippen molar-refractivity contribution in [1.29, 1.82) is 0 Å². The third-order valence-corrected chi connectivity index (χ3v) is 2.04. The predicted molar refractivity (Wildman–Crippen MR) is 46.6 cm³/mol. The second kappa shape index (κ2) is 3.74. The highest BCUT2D eigenvalue weighted by atomic mass is 35.5. The molecule has 0 saturated heterocycles. The topological polar surface area (TPSA) is 12.9 Å². The Morgan fingerprint density at radius 3 is 3.10 bits per heavy atom. The molecule has 3 heteroatoms. The Morgan fingerprint density at radius 1 is 1.80 bits per heavy atom. The molecule has 0 amide bonds. The molecular formula is C7H8ClNS. The van der Waals surface area contributed by atoms with Crippen molar-refractivity contribution in [2.75, 3.05) is 5.88 Å². The van der Waals surface area contributed by atoms with Gasteiger partial charge >= 0.3 is 0 Å². The van der Waals surface area contributed by atoms with Gasteiger partial charge in [-0.1, -0.05) is 6.08 Å². The first-order valence-electron chi connectivity index (χ1n) is 2.98. The van der Waals surface area contributed by atoms with Gasteiger partial charge in [-0.3, -0.25) is 0 Å². The minimum Gasteiger partial charge on any atom is -0.245 e. The fraction of sp³-hybridized carbons (Fsp3) is 0.286. The second-order valence-corrected chi connectivity index (χ2v) is 3.44. The highest BCUT2D eigenvalue weighted by Gasteiger charge is 1.90. The number of halogens is 1. The molecule has 0 radical (unpaired) electrons. The molecule has 0 aromatic carbocycles. The number of aryl methyl sites for hydroxylation is 1. The first-order chi connectivity index (χ1) is 4.83. The van der Waals surface area contributed by atoms with E-state index in [4.69, 9.17) is 11.6 Å². The molecule has 54 valence electrons. The molecule has 1 aromatic rings. The van der Waals surface area contributed by atoms with Crippen molar-refractivity contribution < 1.29 is 0 Å². The largest absolute Gasteiger partial charge is 0.245 e. The molecule has 1 nitrogen and oxygen atoms in total. The van der Waals surface area contributed by atoms with Crippen LogP contribution in [0.5, 0.6) is 0 Å². The Bertz CT molecular complexity index is 229. The summed E-state index contributed by atoms with van der Waals surface area (Å²) in [7, 11) is 0. The molecule has 0 N–H and O–H groups in total. The van der Waals surface area contributed by atoms with Crippen molar-refractivity contribution in [3.63, 3.8) is 0 Å². The Balaban J connectivity index is 2.67. The average Bonchev–Trinajstić information content (AvgIpc) is 2.31. The normalized spacial score (nSPS) is 11.0. The van der Waals surface area contributed by atoms with Crippen LogP contribution in [0.2, 0.25) is 0 Å². The summed E-state index contributed by atoms with van der Waals surface area (Å²) in [5, 5.41) is 1.03. The van der Waals surface area contributed by atoms with Gasteiger partial charge in [0.25, 0.3) is 0 Å². The van der Waals surface area contributed by atoms with E-state index in [2.05, 4.69) is 4.98 Å². The van der Waals surface area contributed by atoms with Crippen LogP contribution in [0, 0.1) is 6.92 Å². The van der Waals surface area contributed by atoms with E-state index in [0.717, 1.165) is 5.01 Å². The first-order valence-corrected chi connectivity index (χ1v) is 4.33. The lowest BCUT2D eigenvalue weighted by Gasteiger charge is -1.77. The number of thiazole rings is 1. The standard InChI is InChI=1S/C7H8ClNS/c1-6-5-9-7(10-6)3-2-4-8/h2-3,5H,4H2,1H3. The molecule has 0 unspecified atom stereocenters. The van der Waals surface area contributed by atoms with Crippen molar-refractivity contribution in [3.05, 3.63) is 22.2 Å². The molecule has 0 saturated carbocycles. The van der Waals surface area contributed by atoms with E-state index < -0.39 is 0 Å². The molecular weight excluding hydrogens is 166 g/mol. The highest BCUT2D eigenvalue weighted by molar-refractivity contribution is 7.12. The third kappa shape index (κ3) is 2.12. The summed E-state index contributed by atoms with van der Waals surface area (Å²) in [6.07, 6.45) is 5.68. The SMILES string of the molecule is Cc1cnc(C=CCCl)s1. The van der Waals surface area contributed by atoms with E-state index in [1.807, 2.05) is 25.3 Å². The first kappa shape index (κ1) is 7.76. The van der Waals surface area contributed by atoms with Crippen LogP contribution in [0.25, 0.3) is 6.08 Å². The number of alkyl halides is 1. The zero-order chi connectivity index (χ0) is 7.40. The number of nitrogens with zero attached hydrogens (tertiary/aromatic N) is 1. The van der Waals surface area contributed by atoms with Gasteiger partial charge < -0.3 is 0 Å². The maximum atomic E-state index is 5.45. The minimum absolute atomic E-state index is 0.554. The van der Waals surface area contributed by atoms with Crippen LogP contribution in [-0.4, -0.2) is 10.9 Å². The van der Waals surface area contributed by atoms with Crippen molar-refractivity contribution in [3.8, 4) is 0 Å². The van der Waals surface area contributed by atoms with Gasteiger partial charge in [-0.05, 0) is 13.0 Å². The highest BCUT2D eigenvalue weighted by Crippen LogP contribution is 2.12. The van der Waals surface area contributed by atoms with Crippen LogP contribution < -0.4 is 0 Å². The molecule has 10 heavy (non-hydrogen) atoms. The second-order valence-electron chi connectivity index (χ2n) is 1.87. The molecule has 0 aliphatic heterocycles. The Labute approximate surface area is 69.4 Å². The smallest absolute Gasteiger partial charge is 0.115 e. The van der Waals surface area contributed by atoms with Crippen LogP contribution >= 0.6 is 22.9 Å². The van der Waals surface area contributed by atoms with Crippen molar-refractivity contribution in [2.24, 2.45) is 0 Å². The van der Waals surface area contributed by atoms with Gasteiger partial charge in [0.15, 0.2) is 0 Å². The summed E-state index contributed by atoms with van der Waals surface area (Å²) in [5.41, 5.74) is 0. The van der Waals surface area contributed by atoms with E-state index in [0.29, 0.717) is 5.88 Å². The molecule has 0 spiro atoms. The molecule has 0 aliphatic rings. The summed E-state index contributed by atoms with van der Waals surface area (Å²) in [6, 6.07) is 0. The van der Waals surface area contributed by atoms with Crippen LogP contribution in [0.1, 0.15) is 9.88 Å². The van der Waals surface area contributed by atoms with Gasteiger partial charge in [-0.25, -0.2) is 4.98 Å². The van der Waals surface area contributed by atoms with Gasteiger partial charge in [0.2, 0.25) is 0 Å². The maximum absolute atomic E-state index is 5.45. The molecule has 0 fully saturated rings. The zero-order valence-electron chi connectivity index (χ0n) is 5.67. The van der Waals surface area contributed by atoms with E-state index in [-0.39, 0.29) is 0 Å². The van der Waals surface area contributed by atoms with Gasteiger partial charge in [0.1, 0.15) is 5.01 Å². The van der Waals surface area contributed by atoms with Gasteiger partial charge in [-0.15, -0.1) is 22.9 Å². The van der Waals surface area contributed by atoms with Crippen molar-refractivity contribution in [2.45, 2.75) is 6.92 Å². The molecule has 0 atom stereocenters. The summed E-state index contributed by atoms with van der Waals surface area (Å²) < 4.78 is 0. The van der Waals surface area contributed by atoms with Crippen LogP contribution in [0.3, 0.4) is 0 Å². The molecule has 0 bridgehead atoms. The summed E-state index contributed by atoms with van der Waals surface area (Å²) in [6.45, 7) is 2.04. The van der Waals surface area contributed by atoms with E-state index in [1.54, 1.807) is 11.3 Å². The van der Waals surface area contributed by atoms with E-state index >= 15 is 0 Å². The molecule has 1 aromatic heterocycles. The number of aromatic nitrogens is 1.